The second kappa shape index (κ2) is 10.8. The Bertz CT molecular complexity index is 561. The average molecular weight is 375 g/mol. The molecule has 0 saturated carbocycles. The van der Waals surface area contributed by atoms with E-state index >= 15 is 0 Å². The minimum absolute atomic E-state index is 0.548. The molecule has 1 unspecified atom stereocenters. The molecule has 1 aromatic rings. The van der Waals surface area contributed by atoms with Crippen LogP contribution in [0, 0.1) is 0 Å². The van der Waals surface area contributed by atoms with Crippen molar-refractivity contribution in [2.24, 2.45) is 4.99 Å². The first-order chi connectivity index (χ1) is 12.8. The van der Waals surface area contributed by atoms with Gasteiger partial charge in [0, 0.05) is 31.9 Å². The van der Waals surface area contributed by atoms with Crippen LogP contribution in [0.25, 0.3) is 0 Å². The smallest absolute Gasteiger partial charge is 0.191 e. The zero-order valence-electron chi connectivity index (χ0n) is 16.2. The van der Waals surface area contributed by atoms with E-state index in [0.717, 1.165) is 19.0 Å². The van der Waals surface area contributed by atoms with Crippen molar-refractivity contribution in [3.63, 3.8) is 0 Å². The summed E-state index contributed by atoms with van der Waals surface area (Å²) in [6.07, 6.45) is 8.02. The molecule has 1 aromatic carbocycles. The summed E-state index contributed by atoms with van der Waals surface area (Å²) in [5.41, 5.74) is 2.84. The molecule has 4 nitrogen and oxygen atoms in total. The van der Waals surface area contributed by atoms with Crippen molar-refractivity contribution < 1.29 is 0 Å². The highest BCUT2D eigenvalue weighted by molar-refractivity contribution is 7.99. The number of guanidine groups is 1. The molecule has 0 amide bonds. The second-order valence-electron chi connectivity index (χ2n) is 7.44. The van der Waals surface area contributed by atoms with Crippen molar-refractivity contribution in [2.45, 2.75) is 57.7 Å². The molecule has 0 spiro atoms. The minimum Gasteiger partial charge on any atom is -0.353 e. The minimum atomic E-state index is 0.548. The van der Waals surface area contributed by atoms with Crippen LogP contribution in [0.5, 0.6) is 0 Å². The van der Waals surface area contributed by atoms with Crippen LogP contribution in [0.2, 0.25) is 0 Å². The van der Waals surface area contributed by atoms with E-state index in [1.807, 2.05) is 18.8 Å². The van der Waals surface area contributed by atoms with Gasteiger partial charge in [-0.2, -0.15) is 11.8 Å². The Morgan fingerprint density at radius 3 is 2.58 bits per heavy atom. The van der Waals surface area contributed by atoms with E-state index in [1.54, 1.807) is 0 Å². The third-order valence-electron chi connectivity index (χ3n) is 5.38. The summed E-state index contributed by atoms with van der Waals surface area (Å²) in [5.74, 6) is 3.42. The van der Waals surface area contributed by atoms with Crippen LogP contribution in [0.3, 0.4) is 0 Å². The SMILES string of the molecule is CN=C(NCc1ccccc1CN1CCCCCC1)NC1CCCSC1. The molecular weight excluding hydrogens is 340 g/mol. The molecule has 0 bridgehead atoms. The Morgan fingerprint density at radius 2 is 1.88 bits per heavy atom. The van der Waals surface area contributed by atoms with E-state index in [4.69, 9.17) is 0 Å². The number of benzene rings is 1. The number of thioether (sulfide) groups is 1. The number of nitrogens with zero attached hydrogens (tertiary/aromatic N) is 2. The molecule has 144 valence electrons. The fourth-order valence-corrected chi connectivity index (χ4v) is 4.91. The number of aliphatic imine (C=N–C) groups is 1. The molecule has 2 N–H and O–H groups in total. The van der Waals surface area contributed by atoms with Gasteiger partial charge in [-0.3, -0.25) is 9.89 Å². The molecule has 0 aromatic heterocycles. The van der Waals surface area contributed by atoms with Crippen LogP contribution in [-0.4, -0.2) is 48.5 Å². The quantitative estimate of drug-likeness (QED) is 0.610. The molecule has 0 aliphatic carbocycles. The molecule has 3 rings (SSSR count). The first-order valence-corrected chi connectivity index (χ1v) is 11.3. The highest BCUT2D eigenvalue weighted by Gasteiger charge is 2.15. The lowest BCUT2D eigenvalue weighted by Gasteiger charge is -2.25. The van der Waals surface area contributed by atoms with Crippen LogP contribution in [0.15, 0.2) is 29.3 Å². The third kappa shape index (κ3) is 6.20. The molecule has 2 heterocycles. The van der Waals surface area contributed by atoms with Crippen molar-refractivity contribution >= 4 is 17.7 Å². The lowest BCUT2D eigenvalue weighted by atomic mass is 10.1. The van der Waals surface area contributed by atoms with Gasteiger partial charge >= 0.3 is 0 Å². The molecule has 5 heteroatoms. The Morgan fingerprint density at radius 1 is 1.12 bits per heavy atom. The van der Waals surface area contributed by atoms with E-state index in [1.165, 1.54) is 74.2 Å². The van der Waals surface area contributed by atoms with Crippen LogP contribution < -0.4 is 10.6 Å². The van der Waals surface area contributed by atoms with Crippen LogP contribution >= 0.6 is 11.8 Å². The lowest BCUT2D eigenvalue weighted by Crippen LogP contribution is -2.45. The van der Waals surface area contributed by atoms with Crippen molar-refractivity contribution in [2.75, 3.05) is 31.6 Å². The maximum atomic E-state index is 4.43. The van der Waals surface area contributed by atoms with Crippen LogP contribution in [-0.2, 0) is 13.1 Å². The van der Waals surface area contributed by atoms with Gasteiger partial charge in [-0.1, -0.05) is 37.1 Å². The Balaban J connectivity index is 1.54. The van der Waals surface area contributed by atoms with Crippen molar-refractivity contribution in [1.82, 2.24) is 15.5 Å². The number of hydrogen-bond acceptors (Lipinski definition) is 3. The highest BCUT2D eigenvalue weighted by Crippen LogP contribution is 2.18. The summed E-state index contributed by atoms with van der Waals surface area (Å²) in [6.45, 7) is 4.39. The first kappa shape index (κ1) is 19.6. The molecular formula is C21H34N4S. The molecule has 1 atom stereocenters. The maximum Gasteiger partial charge on any atom is 0.191 e. The highest BCUT2D eigenvalue weighted by atomic mass is 32.2. The number of rotatable bonds is 5. The molecule has 26 heavy (non-hydrogen) atoms. The van der Waals surface area contributed by atoms with Crippen LogP contribution in [0.1, 0.15) is 49.7 Å². The largest absolute Gasteiger partial charge is 0.353 e. The number of likely N-dealkylation sites (tertiary alicyclic amines) is 1. The summed E-state index contributed by atoms with van der Waals surface area (Å²) in [6, 6.07) is 9.41. The molecule has 2 aliphatic rings. The number of hydrogen-bond donors (Lipinski definition) is 2. The van der Waals surface area contributed by atoms with E-state index in [0.29, 0.717) is 6.04 Å². The van der Waals surface area contributed by atoms with E-state index in [2.05, 4.69) is 44.8 Å². The van der Waals surface area contributed by atoms with E-state index < -0.39 is 0 Å². The Labute approximate surface area is 163 Å². The topological polar surface area (TPSA) is 39.7 Å². The van der Waals surface area contributed by atoms with Gasteiger partial charge in [-0.05, 0) is 55.7 Å². The Kier molecular flexibility index (Phi) is 8.15. The van der Waals surface area contributed by atoms with Crippen molar-refractivity contribution in [3.05, 3.63) is 35.4 Å². The van der Waals surface area contributed by atoms with Crippen LogP contribution in [0.4, 0.5) is 0 Å². The summed E-state index contributed by atoms with van der Waals surface area (Å²) < 4.78 is 0. The molecule has 2 fully saturated rings. The zero-order chi connectivity index (χ0) is 18.0. The molecule has 2 saturated heterocycles. The summed E-state index contributed by atoms with van der Waals surface area (Å²) in [5, 5.41) is 7.13. The summed E-state index contributed by atoms with van der Waals surface area (Å²) >= 11 is 2.04. The standard InChI is InChI=1S/C21H34N4S/c1-22-21(24-20-11-8-14-26-17-20)23-15-18-9-4-5-10-19(18)16-25-12-6-2-3-7-13-25/h4-5,9-10,20H,2-3,6-8,11-17H2,1H3,(H2,22,23,24). The molecule has 2 aliphatic heterocycles. The normalized spacial score (nSPS) is 22.7. The van der Waals surface area contributed by atoms with Gasteiger partial charge in [-0.25, -0.2) is 0 Å². The monoisotopic (exact) mass is 374 g/mol. The zero-order valence-corrected chi connectivity index (χ0v) is 17.0. The van der Waals surface area contributed by atoms with E-state index in [9.17, 15) is 0 Å². The van der Waals surface area contributed by atoms with Gasteiger partial charge in [0.2, 0.25) is 0 Å². The summed E-state index contributed by atoms with van der Waals surface area (Å²) in [7, 11) is 1.87. The fourth-order valence-electron chi connectivity index (χ4n) is 3.84. The predicted octanol–water partition coefficient (Wildman–Crippen LogP) is 3.62. The van der Waals surface area contributed by atoms with Gasteiger partial charge in [0.15, 0.2) is 5.96 Å². The van der Waals surface area contributed by atoms with Crippen molar-refractivity contribution in [3.8, 4) is 0 Å². The van der Waals surface area contributed by atoms with Gasteiger partial charge in [0.05, 0.1) is 0 Å². The number of nitrogens with one attached hydrogen (secondary N) is 2. The molecule has 0 radical (unpaired) electrons. The predicted molar refractivity (Wildman–Crippen MR) is 114 cm³/mol. The van der Waals surface area contributed by atoms with Gasteiger partial charge in [0.1, 0.15) is 0 Å². The Hall–Kier alpha value is -1.20. The average Bonchev–Trinajstić information content (AvgIpc) is 2.95. The maximum absolute atomic E-state index is 4.43. The summed E-state index contributed by atoms with van der Waals surface area (Å²) in [4.78, 5) is 7.05. The van der Waals surface area contributed by atoms with Gasteiger partial charge in [0.25, 0.3) is 0 Å². The first-order valence-electron chi connectivity index (χ1n) is 10.2. The lowest BCUT2D eigenvalue weighted by molar-refractivity contribution is 0.276. The fraction of sp³-hybridized carbons (Fsp3) is 0.667. The van der Waals surface area contributed by atoms with E-state index in [-0.39, 0.29) is 0 Å². The van der Waals surface area contributed by atoms with Gasteiger partial charge < -0.3 is 10.6 Å². The van der Waals surface area contributed by atoms with Crippen molar-refractivity contribution in [1.29, 1.82) is 0 Å². The third-order valence-corrected chi connectivity index (χ3v) is 6.60. The second-order valence-corrected chi connectivity index (χ2v) is 8.59. The van der Waals surface area contributed by atoms with Gasteiger partial charge in [-0.15, -0.1) is 0 Å².